The molecule has 1 aromatic carbocycles. The fourth-order valence-corrected chi connectivity index (χ4v) is 2.51. The number of hydrogen-bond donors (Lipinski definition) is 2. The Labute approximate surface area is 120 Å². The molecule has 3 aromatic rings. The zero-order chi connectivity index (χ0) is 13.8. The van der Waals surface area contributed by atoms with Gasteiger partial charge in [0.2, 0.25) is 5.13 Å². The van der Waals surface area contributed by atoms with Crippen molar-refractivity contribution in [1.29, 1.82) is 0 Å². The van der Waals surface area contributed by atoms with Gasteiger partial charge in [0, 0.05) is 25.2 Å². The van der Waals surface area contributed by atoms with Crippen LogP contribution in [0.25, 0.3) is 11.0 Å². The number of imidazole rings is 1. The number of methoxy groups -OCH3 is 1. The third kappa shape index (κ3) is 2.94. The van der Waals surface area contributed by atoms with Gasteiger partial charge in [0.15, 0.2) is 5.82 Å². The summed E-state index contributed by atoms with van der Waals surface area (Å²) in [7, 11) is 1.68. The Kier molecular flexibility index (Phi) is 3.89. The van der Waals surface area contributed by atoms with E-state index in [2.05, 4.69) is 24.6 Å². The molecular formula is C13H15N5OS. The minimum Gasteiger partial charge on any atom is -0.383 e. The van der Waals surface area contributed by atoms with Crippen molar-refractivity contribution in [3.8, 4) is 0 Å². The first-order valence-corrected chi connectivity index (χ1v) is 7.11. The summed E-state index contributed by atoms with van der Waals surface area (Å²) in [5.74, 6) is 1.65. The van der Waals surface area contributed by atoms with Crippen molar-refractivity contribution in [2.24, 2.45) is 0 Å². The largest absolute Gasteiger partial charge is 0.383 e. The van der Waals surface area contributed by atoms with Crippen molar-refractivity contribution < 1.29 is 4.74 Å². The number of ether oxygens (including phenoxy) is 1. The lowest BCUT2D eigenvalue weighted by atomic mass is 10.3. The van der Waals surface area contributed by atoms with Gasteiger partial charge in [0.1, 0.15) is 5.82 Å². The summed E-state index contributed by atoms with van der Waals surface area (Å²) in [6.07, 6.45) is 0.608. The fourth-order valence-electron chi connectivity index (χ4n) is 1.90. The van der Waals surface area contributed by atoms with Crippen molar-refractivity contribution in [2.45, 2.75) is 6.42 Å². The van der Waals surface area contributed by atoms with Crippen LogP contribution in [-0.4, -0.2) is 39.6 Å². The maximum Gasteiger partial charge on any atom is 0.202 e. The maximum atomic E-state index is 4.98. The van der Waals surface area contributed by atoms with Crippen molar-refractivity contribution in [2.75, 3.05) is 25.6 Å². The van der Waals surface area contributed by atoms with E-state index in [-0.39, 0.29) is 0 Å². The number of rotatable bonds is 6. The SMILES string of the molecule is COCCNc1nc(Cc2nc3ccccc3[nH]2)ns1. The summed E-state index contributed by atoms with van der Waals surface area (Å²) in [4.78, 5) is 12.2. The van der Waals surface area contributed by atoms with Crippen LogP contribution in [0, 0.1) is 0 Å². The van der Waals surface area contributed by atoms with Crippen molar-refractivity contribution >= 4 is 27.7 Å². The lowest BCUT2D eigenvalue weighted by Gasteiger charge is -1.98. The zero-order valence-corrected chi connectivity index (χ0v) is 11.9. The van der Waals surface area contributed by atoms with Gasteiger partial charge in [-0.3, -0.25) is 0 Å². The average Bonchev–Trinajstić information content (AvgIpc) is 3.05. The fraction of sp³-hybridized carbons (Fsp3) is 0.308. The molecule has 2 N–H and O–H groups in total. The van der Waals surface area contributed by atoms with Gasteiger partial charge in [-0.1, -0.05) is 12.1 Å². The highest BCUT2D eigenvalue weighted by molar-refractivity contribution is 7.09. The minimum atomic E-state index is 0.608. The number of para-hydroxylation sites is 2. The normalized spacial score (nSPS) is 11.1. The molecule has 0 atom stereocenters. The molecule has 7 heteroatoms. The first-order valence-electron chi connectivity index (χ1n) is 6.34. The maximum absolute atomic E-state index is 4.98. The highest BCUT2D eigenvalue weighted by Crippen LogP contribution is 2.15. The molecule has 2 heterocycles. The van der Waals surface area contributed by atoms with Crippen LogP contribution >= 0.6 is 11.5 Å². The highest BCUT2D eigenvalue weighted by Gasteiger charge is 2.08. The number of H-pyrrole nitrogens is 1. The number of nitrogens with zero attached hydrogens (tertiary/aromatic N) is 3. The second-order valence-corrected chi connectivity index (χ2v) is 5.06. The Bertz CT molecular complexity index is 660. The molecule has 0 fully saturated rings. The van der Waals surface area contributed by atoms with Crippen LogP contribution in [-0.2, 0) is 11.2 Å². The van der Waals surface area contributed by atoms with Crippen molar-refractivity contribution in [3.63, 3.8) is 0 Å². The molecule has 0 saturated carbocycles. The van der Waals surface area contributed by atoms with Crippen LogP contribution in [0.3, 0.4) is 0 Å². The van der Waals surface area contributed by atoms with E-state index in [1.807, 2.05) is 24.3 Å². The summed E-state index contributed by atoms with van der Waals surface area (Å²) < 4.78 is 9.31. The number of aromatic amines is 1. The number of benzene rings is 1. The van der Waals surface area contributed by atoms with Crippen LogP contribution in [0.2, 0.25) is 0 Å². The molecule has 0 saturated heterocycles. The van der Waals surface area contributed by atoms with Gasteiger partial charge in [-0.2, -0.15) is 4.37 Å². The number of anilines is 1. The molecular weight excluding hydrogens is 274 g/mol. The molecule has 0 bridgehead atoms. The lowest BCUT2D eigenvalue weighted by molar-refractivity contribution is 0.211. The Morgan fingerprint density at radius 3 is 3.05 bits per heavy atom. The van der Waals surface area contributed by atoms with Crippen molar-refractivity contribution in [1.82, 2.24) is 19.3 Å². The average molecular weight is 289 g/mol. The molecule has 3 rings (SSSR count). The minimum absolute atomic E-state index is 0.608. The Hall–Kier alpha value is -1.99. The monoisotopic (exact) mass is 289 g/mol. The second-order valence-electron chi connectivity index (χ2n) is 4.31. The van der Waals surface area contributed by atoms with E-state index < -0.39 is 0 Å². The molecule has 2 aromatic heterocycles. The van der Waals surface area contributed by atoms with Gasteiger partial charge >= 0.3 is 0 Å². The third-order valence-corrected chi connectivity index (χ3v) is 3.53. The number of nitrogens with one attached hydrogen (secondary N) is 2. The van der Waals surface area contributed by atoms with E-state index >= 15 is 0 Å². The number of hydrogen-bond acceptors (Lipinski definition) is 6. The quantitative estimate of drug-likeness (QED) is 0.679. The summed E-state index contributed by atoms with van der Waals surface area (Å²) in [6, 6.07) is 7.97. The standard InChI is InChI=1S/C13H15N5OS/c1-19-7-6-14-13-17-12(18-20-13)8-11-15-9-4-2-3-5-10(9)16-11/h2-5H,6-8H2,1H3,(H,15,16)(H,14,17,18). The van der Waals surface area contributed by atoms with E-state index in [1.54, 1.807) is 7.11 Å². The smallest absolute Gasteiger partial charge is 0.202 e. The van der Waals surface area contributed by atoms with Gasteiger partial charge in [0.25, 0.3) is 0 Å². The van der Waals surface area contributed by atoms with E-state index in [4.69, 9.17) is 4.74 Å². The van der Waals surface area contributed by atoms with Crippen LogP contribution < -0.4 is 5.32 Å². The van der Waals surface area contributed by atoms with Crippen molar-refractivity contribution in [3.05, 3.63) is 35.9 Å². The second kappa shape index (κ2) is 5.98. The zero-order valence-electron chi connectivity index (χ0n) is 11.1. The third-order valence-electron chi connectivity index (χ3n) is 2.81. The van der Waals surface area contributed by atoms with Crippen LogP contribution in [0.4, 0.5) is 5.13 Å². The highest BCUT2D eigenvalue weighted by atomic mass is 32.1. The molecule has 6 nitrogen and oxygen atoms in total. The Balaban J connectivity index is 1.68. The van der Waals surface area contributed by atoms with Gasteiger partial charge in [-0.05, 0) is 12.1 Å². The van der Waals surface area contributed by atoms with E-state index in [1.165, 1.54) is 11.5 Å². The molecule has 104 valence electrons. The topological polar surface area (TPSA) is 75.7 Å². The first-order chi connectivity index (χ1) is 9.85. The van der Waals surface area contributed by atoms with Gasteiger partial charge in [-0.25, -0.2) is 9.97 Å². The molecule has 20 heavy (non-hydrogen) atoms. The molecule has 0 aliphatic carbocycles. The first kappa shape index (κ1) is 13.0. The molecule has 0 aliphatic rings. The summed E-state index contributed by atoms with van der Waals surface area (Å²) >= 11 is 1.36. The Morgan fingerprint density at radius 2 is 2.20 bits per heavy atom. The Morgan fingerprint density at radius 1 is 1.30 bits per heavy atom. The molecule has 0 amide bonds. The van der Waals surface area contributed by atoms with E-state index in [0.29, 0.717) is 13.0 Å². The predicted octanol–water partition coefficient (Wildman–Crippen LogP) is 2.06. The lowest BCUT2D eigenvalue weighted by Crippen LogP contribution is -2.07. The predicted molar refractivity (Wildman–Crippen MR) is 79.2 cm³/mol. The molecule has 0 aliphatic heterocycles. The summed E-state index contributed by atoms with van der Waals surface area (Å²) in [5.41, 5.74) is 2.01. The number of aromatic nitrogens is 4. The van der Waals surface area contributed by atoms with E-state index in [9.17, 15) is 0 Å². The van der Waals surface area contributed by atoms with Gasteiger partial charge in [0.05, 0.1) is 24.1 Å². The van der Waals surface area contributed by atoms with Crippen LogP contribution in [0.15, 0.2) is 24.3 Å². The summed E-state index contributed by atoms with van der Waals surface area (Å²) in [5, 5.41) is 3.98. The molecule has 0 unspecified atom stereocenters. The molecule has 0 radical (unpaired) electrons. The summed E-state index contributed by atoms with van der Waals surface area (Å²) in [6.45, 7) is 1.38. The van der Waals surface area contributed by atoms with E-state index in [0.717, 1.165) is 34.4 Å². The van der Waals surface area contributed by atoms with Gasteiger partial charge in [-0.15, -0.1) is 0 Å². The molecule has 0 spiro atoms. The van der Waals surface area contributed by atoms with Crippen LogP contribution in [0.5, 0.6) is 0 Å². The van der Waals surface area contributed by atoms with Crippen LogP contribution in [0.1, 0.15) is 11.6 Å². The number of fused-ring (bicyclic) bond motifs is 1. The van der Waals surface area contributed by atoms with Gasteiger partial charge < -0.3 is 15.0 Å².